The molecule has 0 spiro atoms. The summed E-state index contributed by atoms with van der Waals surface area (Å²) in [6.07, 6.45) is 1.27. The SMILES string of the molecule is COC1(c2cc(OCC#Cc3ccccc3)cc([N+](=O)[O-])c2)CCOCC1. The Kier molecular flexibility index (Phi) is 6.07. The molecule has 0 aliphatic carbocycles. The molecule has 1 fully saturated rings. The third-order valence-electron chi connectivity index (χ3n) is 4.64. The Morgan fingerprint density at radius 2 is 1.93 bits per heavy atom. The van der Waals surface area contributed by atoms with Crippen LogP contribution in [0, 0.1) is 22.0 Å². The lowest BCUT2D eigenvalue weighted by molar-refractivity contribution is -0.385. The van der Waals surface area contributed by atoms with E-state index in [2.05, 4.69) is 11.8 Å². The first-order valence-corrected chi connectivity index (χ1v) is 8.72. The van der Waals surface area contributed by atoms with Crippen molar-refractivity contribution in [3.8, 4) is 17.6 Å². The van der Waals surface area contributed by atoms with Gasteiger partial charge >= 0.3 is 0 Å². The summed E-state index contributed by atoms with van der Waals surface area (Å²) in [5, 5.41) is 11.4. The number of nitro benzene ring substituents is 1. The molecule has 0 aromatic heterocycles. The van der Waals surface area contributed by atoms with Crippen molar-refractivity contribution in [3.63, 3.8) is 0 Å². The molecule has 140 valence electrons. The van der Waals surface area contributed by atoms with Crippen LogP contribution >= 0.6 is 0 Å². The van der Waals surface area contributed by atoms with Crippen LogP contribution in [-0.2, 0) is 15.1 Å². The van der Waals surface area contributed by atoms with E-state index in [9.17, 15) is 10.1 Å². The van der Waals surface area contributed by atoms with E-state index in [0.29, 0.717) is 31.8 Å². The van der Waals surface area contributed by atoms with Crippen molar-refractivity contribution < 1.29 is 19.1 Å². The van der Waals surface area contributed by atoms with E-state index in [1.807, 2.05) is 30.3 Å². The van der Waals surface area contributed by atoms with Crippen LogP contribution < -0.4 is 4.74 Å². The predicted octanol–water partition coefficient (Wildman–Crippen LogP) is 3.68. The molecular formula is C21H21NO5. The summed E-state index contributed by atoms with van der Waals surface area (Å²) in [5.41, 5.74) is 0.995. The van der Waals surface area contributed by atoms with Gasteiger partial charge in [0, 0.05) is 44.8 Å². The van der Waals surface area contributed by atoms with Crippen molar-refractivity contribution >= 4 is 5.69 Å². The molecule has 2 aromatic rings. The number of nitrogens with zero attached hydrogens (tertiary/aromatic N) is 1. The number of ether oxygens (including phenoxy) is 3. The highest BCUT2D eigenvalue weighted by atomic mass is 16.6. The van der Waals surface area contributed by atoms with Gasteiger partial charge in [0.25, 0.3) is 5.69 Å². The van der Waals surface area contributed by atoms with Gasteiger partial charge in [0.05, 0.1) is 16.6 Å². The Morgan fingerprint density at radius 3 is 2.59 bits per heavy atom. The fraction of sp³-hybridized carbons (Fsp3) is 0.333. The third kappa shape index (κ3) is 4.64. The molecule has 1 aliphatic rings. The highest BCUT2D eigenvalue weighted by Crippen LogP contribution is 2.39. The second kappa shape index (κ2) is 8.67. The minimum absolute atomic E-state index is 0.0264. The van der Waals surface area contributed by atoms with Crippen molar-refractivity contribution in [2.45, 2.75) is 18.4 Å². The molecule has 2 aromatic carbocycles. The molecule has 0 saturated carbocycles. The average Bonchev–Trinajstić information content (AvgIpc) is 2.72. The van der Waals surface area contributed by atoms with Gasteiger partial charge in [-0.05, 0) is 23.8 Å². The number of non-ortho nitro benzene ring substituents is 1. The third-order valence-corrected chi connectivity index (χ3v) is 4.64. The summed E-state index contributed by atoms with van der Waals surface area (Å²) in [5.74, 6) is 6.33. The van der Waals surface area contributed by atoms with Gasteiger partial charge in [-0.3, -0.25) is 10.1 Å². The molecule has 0 bridgehead atoms. The zero-order valence-electron chi connectivity index (χ0n) is 15.1. The maximum atomic E-state index is 11.4. The molecule has 6 heteroatoms. The van der Waals surface area contributed by atoms with Crippen molar-refractivity contribution in [2.24, 2.45) is 0 Å². The zero-order chi connectivity index (χ0) is 19.1. The first-order chi connectivity index (χ1) is 13.1. The van der Waals surface area contributed by atoms with Crippen LogP contribution in [0.25, 0.3) is 0 Å². The summed E-state index contributed by atoms with van der Waals surface area (Å²) in [4.78, 5) is 10.9. The fourth-order valence-corrected chi connectivity index (χ4v) is 3.13. The molecular weight excluding hydrogens is 346 g/mol. The smallest absolute Gasteiger partial charge is 0.273 e. The molecule has 1 saturated heterocycles. The van der Waals surface area contributed by atoms with Gasteiger partial charge in [0.1, 0.15) is 12.4 Å². The van der Waals surface area contributed by atoms with E-state index in [4.69, 9.17) is 14.2 Å². The molecule has 27 heavy (non-hydrogen) atoms. The van der Waals surface area contributed by atoms with Crippen LogP contribution in [0.2, 0.25) is 0 Å². The van der Waals surface area contributed by atoms with Gasteiger partial charge in [0.2, 0.25) is 0 Å². The molecule has 0 amide bonds. The average molecular weight is 367 g/mol. The molecule has 0 atom stereocenters. The number of methoxy groups -OCH3 is 1. The second-order valence-electron chi connectivity index (χ2n) is 6.24. The lowest BCUT2D eigenvalue weighted by Crippen LogP contribution is -2.35. The fourth-order valence-electron chi connectivity index (χ4n) is 3.13. The summed E-state index contributed by atoms with van der Waals surface area (Å²) in [6.45, 7) is 1.24. The van der Waals surface area contributed by atoms with E-state index in [0.717, 1.165) is 11.1 Å². The summed E-state index contributed by atoms with van der Waals surface area (Å²) in [7, 11) is 1.62. The van der Waals surface area contributed by atoms with Gasteiger partial charge in [-0.2, -0.15) is 0 Å². The maximum absolute atomic E-state index is 11.4. The second-order valence-corrected chi connectivity index (χ2v) is 6.24. The zero-order valence-corrected chi connectivity index (χ0v) is 15.1. The van der Waals surface area contributed by atoms with Crippen molar-refractivity contribution in [2.75, 3.05) is 26.9 Å². The number of benzene rings is 2. The minimum atomic E-state index is -0.599. The minimum Gasteiger partial charge on any atom is -0.481 e. The number of hydrogen-bond acceptors (Lipinski definition) is 5. The number of rotatable bonds is 5. The van der Waals surface area contributed by atoms with Crippen LogP contribution in [0.5, 0.6) is 5.75 Å². The van der Waals surface area contributed by atoms with Gasteiger partial charge < -0.3 is 14.2 Å². The predicted molar refractivity (Wildman–Crippen MR) is 101 cm³/mol. The van der Waals surface area contributed by atoms with Gasteiger partial charge in [-0.25, -0.2) is 0 Å². The number of nitro groups is 1. The van der Waals surface area contributed by atoms with Crippen LogP contribution in [0.15, 0.2) is 48.5 Å². The van der Waals surface area contributed by atoms with Crippen LogP contribution in [-0.4, -0.2) is 31.9 Å². The van der Waals surface area contributed by atoms with E-state index in [1.54, 1.807) is 19.2 Å². The Hall–Kier alpha value is -2.88. The Bertz CT molecular complexity index is 848. The summed E-state index contributed by atoms with van der Waals surface area (Å²) in [6, 6.07) is 14.3. The summed E-state index contributed by atoms with van der Waals surface area (Å²) >= 11 is 0. The molecule has 0 N–H and O–H groups in total. The molecule has 0 unspecified atom stereocenters. The van der Waals surface area contributed by atoms with Crippen LogP contribution in [0.4, 0.5) is 5.69 Å². The van der Waals surface area contributed by atoms with Gasteiger partial charge in [-0.1, -0.05) is 30.0 Å². The molecule has 0 radical (unpaired) electrons. The van der Waals surface area contributed by atoms with E-state index >= 15 is 0 Å². The standard InChI is InChI=1S/C21H21NO5/c1-25-21(9-12-26-13-10-21)18-14-19(22(23)24)16-20(15-18)27-11-5-8-17-6-3-2-4-7-17/h2-4,6-7,14-16H,9-13H2,1H3. The lowest BCUT2D eigenvalue weighted by Gasteiger charge is -2.36. The largest absolute Gasteiger partial charge is 0.481 e. The Morgan fingerprint density at radius 1 is 1.19 bits per heavy atom. The molecule has 1 heterocycles. The lowest BCUT2D eigenvalue weighted by atomic mass is 9.85. The molecule has 3 rings (SSSR count). The first kappa shape index (κ1) is 18.9. The number of hydrogen-bond donors (Lipinski definition) is 0. The highest BCUT2D eigenvalue weighted by Gasteiger charge is 2.36. The monoisotopic (exact) mass is 367 g/mol. The quantitative estimate of drug-likeness (QED) is 0.458. The van der Waals surface area contributed by atoms with Gasteiger partial charge in [-0.15, -0.1) is 0 Å². The Balaban J connectivity index is 1.81. The highest BCUT2D eigenvalue weighted by molar-refractivity contribution is 5.45. The van der Waals surface area contributed by atoms with E-state index < -0.39 is 10.5 Å². The van der Waals surface area contributed by atoms with Crippen LogP contribution in [0.3, 0.4) is 0 Å². The normalized spacial score (nSPS) is 15.4. The Labute approximate surface area is 158 Å². The molecule has 1 aliphatic heterocycles. The van der Waals surface area contributed by atoms with E-state index in [1.165, 1.54) is 6.07 Å². The van der Waals surface area contributed by atoms with Crippen LogP contribution in [0.1, 0.15) is 24.0 Å². The van der Waals surface area contributed by atoms with Crippen molar-refractivity contribution in [3.05, 3.63) is 69.8 Å². The maximum Gasteiger partial charge on any atom is 0.273 e. The van der Waals surface area contributed by atoms with E-state index in [-0.39, 0.29) is 12.3 Å². The van der Waals surface area contributed by atoms with Crippen molar-refractivity contribution in [1.82, 2.24) is 0 Å². The van der Waals surface area contributed by atoms with Gasteiger partial charge in [0.15, 0.2) is 0 Å². The summed E-state index contributed by atoms with van der Waals surface area (Å²) < 4.78 is 16.8. The topological polar surface area (TPSA) is 70.8 Å². The first-order valence-electron chi connectivity index (χ1n) is 8.72. The molecule has 6 nitrogen and oxygen atoms in total. The van der Waals surface area contributed by atoms with Crippen molar-refractivity contribution in [1.29, 1.82) is 0 Å².